The third-order valence-electron chi connectivity index (χ3n) is 4.62. The molecule has 0 spiro atoms. The zero-order chi connectivity index (χ0) is 21.8. The summed E-state index contributed by atoms with van der Waals surface area (Å²) in [5, 5.41) is 6.53. The van der Waals surface area contributed by atoms with Gasteiger partial charge in [-0.2, -0.15) is 0 Å². The van der Waals surface area contributed by atoms with Gasteiger partial charge >= 0.3 is 5.97 Å². The van der Waals surface area contributed by atoms with Crippen LogP contribution in [0.25, 0.3) is 0 Å². The van der Waals surface area contributed by atoms with Gasteiger partial charge in [0.15, 0.2) is 18.1 Å². The molecule has 0 bridgehead atoms. The lowest BCUT2D eigenvalue weighted by Gasteiger charge is -2.09. The van der Waals surface area contributed by atoms with E-state index in [1.54, 1.807) is 49.4 Å². The predicted octanol–water partition coefficient (Wildman–Crippen LogP) is 3.39. The highest BCUT2D eigenvalue weighted by molar-refractivity contribution is 5.95. The average Bonchev–Trinajstić information content (AvgIpc) is 3.36. The molecule has 4 rings (SSSR count). The van der Waals surface area contributed by atoms with Crippen molar-refractivity contribution in [3.8, 4) is 17.2 Å². The van der Waals surface area contributed by atoms with E-state index < -0.39 is 18.5 Å². The molecule has 0 saturated heterocycles. The number of hydrogen-bond acceptors (Lipinski definition) is 8. The molecule has 0 atom stereocenters. The van der Waals surface area contributed by atoms with Crippen molar-refractivity contribution in [3.63, 3.8) is 0 Å². The van der Waals surface area contributed by atoms with E-state index in [0.717, 1.165) is 11.3 Å². The summed E-state index contributed by atoms with van der Waals surface area (Å²) in [4.78, 5) is 24.4. The molecule has 1 aliphatic rings. The van der Waals surface area contributed by atoms with Gasteiger partial charge in [0.05, 0.1) is 16.8 Å². The van der Waals surface area contributed by atoms with Crippen LogP contribution in [0.2, 0.25) is 0 Å². The van der Waals surface area contributed by atoms with Crippen LogP contribution in [0.5, 0.6) is 17.2 Å². The maximum absolute atomic E-state index is 12.3. The Hall–Kier alpha value is -4.01. The number of amides is 1. The fourth-order valence-electron chi connectivity index (χ4n) is 2.96. The number of benzene rings is 2. The molecule has 9 heteroatoms. The van der Waals surface area contributed by atoms with Crippen molar-refractivity contribution in [2.75, 3.05) is 18.7 Å². The Labute approximate surface area is 177 Å². The van der Waals surface area contributed by atoms with Crippen molar-refractivity contribution in [3.05, 3.63) is 65.0 Å². The number of nitrogens with one attached hydrogen (secondary N) is 1. The molecule has 2 heterocycles. The van der Waals surface area contributed by atoms with E-state index in [1.807, 2.05) is 6.92 Å². The largest absolute Gasteiger partial charge is 0.489 e. The second-order valence-electron chi connectivity index (χ2n) is 6.81. The van der Waals surface area contributed by atoms with Crippen molar-refractivity contribution in [1.29, 1.82) is 0 Å². The minimum absolute atomic E-state index is 0.144. The second kappa shape index (κ2) is 8.78. The third kappa shape index (κ3) is 4.77. The number of esters is 1. The van der Waals surface area contributed by atoms with Crippen LogP contribution in [0.1, 0.15) is 27.4 Å². The Kier molecular flexibility index (Phi) is 5.74. The molecular formula is C22H20N2O7. The molecule has 31 heavy (non-hydrogen) atoms. The lowest BCUT2D eigenvalue weighted by molar-refractivity contribution is -0.119. The first-order chi connectivity index (χ1) is 15.0. The van der Waals surface area contributed by atoms with E-state index in [9.17, 15) is 9.59 Å². The molecule has 0 saturated carbocycles. The van der Waals surface area contributed by atoms with Crippen LogP contribution in [-0.2, 0) is 16.1 Å². The first kappa shape index (κ1) is 20.3. The van der Waals surface area contributed by atoms with Gasteiger partial charge in [-0.25, -0.2) is 4.79 Å². The summed E-state index contributed by atoms with van der Waals surface area (Å²) < 4.78 is 26.4. The highest BCUT2D eigenvalue weighted by Crippen LogP contribution is 2.34. The Morgan fingerprint density at radius 2 is 1.94 bits per heavy atom. The molecule has 9 nitrogen and oxygen atoms in total. The first-order valence-electron chi connectivity index (χ1n) is 9.51. The lowest BCUT2D eigenvalue weighted by Crippen LogP contribution is -2.20. The average molecular weight is 424 g/mol. The van der Waals surface area contributed by atoms with Crippen LogP contribution in [-0.4, -0.2) is 30.4 Å². The maximum atomic E-state index is 12.3. The van der Waals surface area contributed by atoms with Gasteiger partial charge < -0.3 is 28.8 Å². The number of ether oxygens (including phenoxy) is 4. The third-order valence-corrected chi connectivity index (χ3v) is 4.62. The Bertz CT molecular complexity index is 1100. The minimum Gasteiger partial charge on any atom is -0.489 e. The van der Waals surface area contributed by atoms with Crippen LogP contribution in [0, 0.1) is 13.8 Å². The van der Waals surface area contributed by atoms with Gasteiger partial charge in [-0.15, -0.1) is 0 Å². The summed E-state index contributed by atoms with van der Waals surface area (Å²) >= 11 is 0. The van der Waals surface area contributed by atoms with Gasteiger partial charge in [0.2, 0.25) is 6.79 Å². The van der Waals surface area contributed by atoms with Gasteiger partial charge in [-0.3, -0.25) is 4.79 Å². The summed E-state index contributed by atoms with van der Waals surface area (Å²) in [6.45, 7) is 3.61. The number of nitrogens with zero attached hydrogens (tertiary/aromatic N) is 1. The molecule has 160 valence electrons. The fraction of sp³-hybridized carbons (Fsp3) is 0.227. The normalized spacial score (nSPS) is 11.8. The number of carbonyl (C=O) groups is 2. The highest BCUT2D eigenvalue weighted by atomic mass is 16.7. The van der Waals surface area contributed by atoms with Crippen molar-refractivity contribution in [2.45, 2.75) is 20.5 Å². The number of hydrogen-bond donors (Lipinski definition) is 1. The molecule has 2 aromatic carbocycles. The molecule has 1 N–H and O–H groups in total. The van der Waals surface area contributed by atoms with Gasteiger partial charge in [0, 0.05) is 11.8 Å². The van der Waals surface area contributed by atoms with Crippen LogP contribution in [0.3, 0.4) is 0 Å². The molecule has 3 aromatic rings. The number of aryl methyl sites for hydroxylation is 2. The number of carbonyl (C=O) groups excluding carboxylic acids is 2. The zero-order valence-electron chi connectivity index (χ0n) is 17.0. The van der Waals surface area contributed by atoms with Gasteiger partial charge in [-0.1, -0.05) is 11.2 Å². The molecule has 0 unspecified atom stereocenters. The Morgan fingerprint density at radius 3 is 2.74 bits per heavy atom. The summed E-state index contributed by atoms with van der Waals surface area (Å²) in [6.07, 6.45) is 0. The SMILES string of the molecule is Cc1noc(C)c1COc1cccc(C(=O)OCC(=O)Nc2ccc3c(c2)OCO3)c1. The fourth-order valence-corrected chi connectivity index (χ4v) is 2.96. The number of rotatable bonds is 7. The van der Waals surface area contributed by atoms with E-state index in [4.69, 9.17) is 23.5 Å². The monoisotopic (exact) mass is 424 g/mol. The molecule has 1 amide bonds. The summed E-state index contributed by atoms with van der Waals surface area (Å²) in [5.41, 5.74) is 2.39. The van der Waals surface area contributed by atoms with Crippen molar-refractivity contribution < 1.29 is 33.1 Å². The van der Waals surface area contributed by atoms with Gasteiger partial charge in [0.1, 0.15) is 18.1 Å². The Balaban J connectivity index is 1.30. The van der Waals surface area contributed by atoms with E-state index in [1.165, 1.54) is 0 Å². The Morgan fingerprint density at radius 1 is 1.10 bits per heavy atom. The zero-order valence-corrected chi connectivity index (χ0v) is 17.0. The first-order valence-corrected chi connectivity index (χ1v) is 9.51. The van der Waals surface area contributed by atoms with Crippen LogP contribution < -0.4 is 19.5 Å². The quantitative estimate of drug-likeness (QED) is 0.575. The van der Waals surface area contributed by atoms with Crippen LogP contribution in [0.15, 0.2) is 47.0 Å². The molecule has 0 radical (unpaired) electrons. The molecule has 1 aromatic heterocycles. The lowest BCUT2D eigenvalue weighted by atomic mass is 10.2. The standard InChI is InChI=1S/C22H20N2O7/c1-13-18(14(2)31-24-13)10-27-17-5-3-4-15(8-17)22(26)28-11-21(25)23-16-6-7-19-20(9-16)30-12-29-19/h3-9H,10-12H2,1-2H3,(H,23,25). The predicted molar refractivity (Wildman–Crippen MR) is 108 cm³/mol. The molecular weight excluding hydrogens is 404 g/mol. The summed E-state index contributed by atoms with van der Waals surface area (Å²) in [7, 11) is 0. The van der Waals surface area contributed by atoms with Crippen molar-refractivity contribution in [1.82, 2.24) is 5.16 Å². The topological polar surface area (TPSA) is 109 Å². The van der Waals surface area contributed by atoms with Crippen LogP contribution in [0.4, 0.5) is 5.69 Å². The van der Waals surface area contributed by atoms with E-state index in [0.29, 0.717) is 28.7 Å². The summed E-state index contributed by atoms with van der Waals surface area (Å²) in [6, 6.07) is 11.5. The van der Waals surface area contributed by atoms with Crippen molar-refractivity contribution >= 4 is 17.6 Å². The van der Waals surface area contributed by atoms with E-state index in [2.05, 4.69) is 10.5 Å². The molecule has 0 aliphatic carbocycles. The maximum Gasteiger partial charge on any atom is 0.338 e. The number of aromatic nitrogens is 1. The van der Waals surface area contributed by atoms with Gasteiger partial charge in [-0.05, 0) is 44.2 Å². The minimum atomic E-state index is -0.636. The molecule has 1 aliphatic heterocycles. The highest BCUT2D eigenvalue weighted by Gasteiger charge is 2.16. The number of anilines is 1. The van der Waals surface area contributed by atoms with Gasteiger partial charge in [0.25, 0.3) is 5.91 Å². The van der Waals surface area contributed by atoms with Crippen LogP contribution >= 0.6 is 0 Å². The molecule has 0 fully saturated rings. The van der Waals surface area contributed by atoms with E-state index >= 15 is 0 Å². The smallest absolute Gasteiger partial charge is 0.338 e. The van der Waals surface area contributed by atoms with E-state index in [-0.39, 0.29) is 19.0 Å². The van der Waals surface area contributed by atoms with Crippen molar-refractivity contribution in [2.24, 2.45) is 0 Å². The number of fused-ring (bicyclic) bond motifs is 1. The summed E-state index contributed by atoms with van der Waals surface area (Å²) in [5.74, 6) is 1.21. The second-order valence-corrected chi connectivity index (χ2v) is 6.81.